The van der Waals surface area contributed by atoms with E-state index >= 15 is 0 Å². The average molecular weight is 324 g/mol. The molecule has 0 aliphatic carbocycles. The molecule has 2 rings (SSSR count). The molecule has 0 bridgehead atoms. The highest BCUT2D eigenvalue weighted by molar-refractivity contribution is 6.30. The van der Waals surface area contributed by atoms with Crippen molar-refractivity contribution in [2.45, 2.75) is 33.4 Å². The van der Waals surface area contributed by atoms with E-state index in [-0.39, 0.29) is 12.1 Å². The van der Waals surface area contributed by atoms with Gasteiger partial charge in [0.05, 0.1) is 17.6 Å². The molecule has 0 saturated carbocycles. The Kier molecular flexibility index (Phi) is 4.86. The van der Waals surface area contributed by atoms with Crippen LogP contribution in [0.2, 0.25) is 5.02 Å². The van der Waals surface area contributed by atoms with Crippen LogP contribution >= 0.6 is 11.6 Å². The van der Waals surface area contributed by atoms with E-state index in [9.17, 15) is 4.79 Å². The van der Waals surface area contributed by atoms with Crippen molar-refractivity contribution in [2.24, 2.45) is 7.05 Å². The maximum Gasteiger partial charge on any atom is 0.317 e. The molecule has 0 radical (unpaired) electrons. The zero-order valence-electron chi connectivity index (χ0n) is 13.6. The fourth-order valence-corrected chi connectivity index (χ4v) is 2.76. The summed E-state index contributed by atoms with van der Waals surface area (Å²) in [5.74, 6) is 1.68. The van der Waals surface area contributed by atoms with Crippen LogP contribution in [0.4, 0.5) is 4.79 Å². The SMILES string of the molecule is Cc1cc(C(C)NC(=O)N(C)Cc2cc(Cl)cn2C)c(C)o1. The van der Waals surface area contributed by atoms with E-state index in [1.165, 1.54) is 0 Å². The molecule has 0 fully saturated rings. The van der Waals surface area contributed by atoms with E-state index in [0.29, 0.717) is 11.6 Å². The Bertz CT molecular complexity index is 675. The molecular formula is C16H22ClN3O2. The van der Waals surface area contributed by atoms with Crippen LogP contribution in [0, 0.1) is 13.8 Å². The predicted octanol–water partition coefficient (Wildman–Crippen LogP) is 3.79. The number of rotatable bonds is 4. The van der Waals surface area contributed by atoms with Gasteiger partial charge in [0.1, 0.15) is 11.5 Å². The molecule has 120 valence electrons. The summed E-state index contributed by atoms with van der Waals surface area (Å²) in [6, 6.07) is 3.57. The first kappa shape index (κ1) is 16.5. The highest BCUT2D eigenvalue weighted by atomic mass is 35.5. The minimum Gasteiger partial charge on any atom is -0.466 e. The summed E-state index contributed by atoms with van der Waals surface area (Å²) >= 11 is 5.96. The summed E-state index contributed by atoms with van der Waals surface area (Å²) in [7, 11) is 3.67. The Balaban J connectivity index is 1.99. The lowest BCUT2D eigenvalue weighted by atomic mass is 10.1. The molecule has 1 unspecified atom stereocenters. The number of halogens is 1. The van der Waals surface area contributed by atoms with E-state index in [1.807, 2.05) is 50.7 Å². The maximum atomic E-state index is 12.3. The van der Waals surface area contributed by atoms with Crippen LogP contribution in [0.3, 0.4) is 0 Å². The van der Waals surface area contributed by atoms with Crippen LogP contribution < -0.4 is 5.32 Å². The number of carbonyl (C=O) groups is 1. The molecule has 5 nitrogen and oxygen atoms in total. The number of amides is 2. The molecule has 0 saturated heterocycles. The second-order valence-corrected chi connectivity index (χ2v) is 6.09. The molecule has 2 heterocycles. The summed E-state index contributed by atoms with van der Waals surface area (Å²) in [6.07, 6.45) is 1.82. The Morgan fingerprint density at radius 2 is 2.14 bits per heavy atom. The summed E-state index contributed by atoms with van der Waals surface area (Å²) in [5.41, 5.74) is 1.98. The lowest BCUT2D eigenvalue weighted by Crippen LogP contribution is -2.38. The second kappa shape index (κ2) is 6.48. The Morgan fingerprint density at radius 1 is 1.45 bits per heavy atom. The number of hydrogen-bond donors (Lipinski definition) is 1. The normalized spacial score (nSPS) is 12.3. The standard InChI is InChI=1S/C16H22ClN3O2/c1-10-6-15(12(3)22-10)11(2)18-16(21)20(5)9-14-7-13(17)8-19(14)4/h6-8,11H,9H2,1-5H3,(H,18,21). The van der Waals surface area contributed by atoms with Gasteiger partial charge in [0.15, 0.2) is 0 Å². The van der Waals surface area contributed by atoms with Crippen molar-refractivity contribution in [3.05, 3.63) is 46.1 Å². The number of furan rings is 1. The molecule has 2 amide bonds. The van der Waals surface area contributed by atoms with E-state index in [1.54, 1.807) is 11.9 Å². The summed E-state index contributed by atoms with van der Waals surface area (Å²) in [6.45, 7) is 6.24. The Labute approximate surface area is 135 Å². The van der Waals surface area contributed by atoms with Crippen LogP contribution in [0.1, 0.15) is 35.7 Å². The third-order valence-electron chi connectivity index (χ3n) is 3.71. The van der Waals surface area contributed by atoms with E-state index < -0.39 is 0 Å². The lowest BCUT2D eigenvalue weighted by Gasteiger charge is -2.21. The highest BCUT2D eigenvalue weighted by Gasteiger charge is 2.18. The van der Waals surface area contributed by atoms with Crippen molar-refractivity contribution in [1.29, 1.82) is 0 Å². The molecule has 2 aromatic heterocycles. The van der Waals surface area contributed by atoms with Crippen LogP contribution in [0.15, 0.2) is 22.7 Å². The molecule has 0 aromatic carbocycles. The largest absolute Gasteiger partial charge is 0.466 e. The first-order chi connectivity index (χ1) is 10.3. The van der Waals surface area contributed by atoms with Crippen molar-refractivity contribution >= 4 is 17.6 Å². The molecule has 6 heteroatoms. The third kappa shape index (κ3) is 3.65. The number of aryl methyl sites for hydroxylation is 3. The van der Waals surface area contributed by atoms with Crippen molar-refractivity contribution < 1.29 is 9.21 Å². The number of carbonyl (C=O) groups excluding carboxylic acids is 1. The van der Waals surface area contributed by atoms with E-state index in [4.69, 9.17) is 16.0 Å². The minimum absolute atomic E-state index is 0.107. The van der Waals surface area contributed by atoms with E-state index in [2.05, 4.69) is 5.32 Å². The quantitative estimate of drug-likeness (QED) is 0.930. The van der Waals surface area contributed by atoms with Gasteiger partial charge in [-0.2, -0.15) is 0 Å². The number of nitrogens with one attached hydrogen (secondary N) is 1. The molecule has 0 spiro atoms. The maximum absolute atomic E-state index is 12.3. The minimum atomic E-state index is -0.136. The van der Waals surface area contributed by atoms with Crippen molar-refractivity contribution in [2.75, 3.05) is 7.05 Å². The molecule has 0 aliphatic rings. The van der Waals surface area contributed by atoms with Crippen LogP contribution in [0.25, 0.3) is 0 Å². The van der Waals surface area contributed by atoms with Gasteiger partial charge in [-0.1, -0.05) is 11.6 Å². The molecule has 1 atom stereocenters. The summed E-state index contributed by atoms with van der Waals surface area (Å²) < 4.78 is 7.42. The van der Waals surface area contributed by atoms with Gasteiger partial charge in [-0.3, -0.25) is 0 Å². The van der Waals surface area contributed by atoms with Crippen LogP contribution in [-0.2, 0) is 13.6 Å². The van der Waals surface area contributed by atoms with Gasteiger partial charge in [0.2, 0.25) is 0 Å². The van der Waals surface area contributed by atoms with Crippen molar-refractivity contribution in [3.63, 3.8) is 0 Å². The van der Waals surface area contributed by atoms with Gasteiger partial charge in [-0.05, 0) is 32.9 Å². The summed E-state index contributed by atoms with van der Waals surface area (Å²) in [5, 5.41) is 3.65. The first-order valence-corrected chi connectivity index (χ1v) is 7.55. The molecule has 0 aliphatic heterocycles. The number of nitrogens with zero attached hydrogens (tertiary/aromatic N) is 2. The number of aromatic nitrogens is 1. The lowest BCUT2D eigenvalue weighted by molar-refractivity contribution is 0.202. The fourth-order valence-electron chi connectivity index (χ4n) is 2.49. The van der Waals surface area contributed by atoms with Gasteiger partial charge in [0.25, 0.3) is 0 Å². The van der Waals surface area contributed by atoms with Crippen molar-refractivity contribution in [3.8, 4) is 0 Å². The molecular weight excluding hydrogens is 302 g/mol. The van der Waals surface area contributed by atoms with Gasteiger partial charge in [-0.25, -0.2) is 4.79 Å². The smallest absolute Gasteiger partial charge is 0.317 e. The van der Waals surface area contributed by atoms with E-state index in [0.717, 1.165) is 22.8 Å². The first-order valence-electron chi connectivity index (χ1n) is 7.17. The van der Waals surface area contributed by atoms with Gasteiger partial charge in [-0.15, -0.1) is 0 Å². The number of hydrogen-bond acceptors (Lipinski definition) is 2. The highest BCUT2D eigenvalue weighted by Crippen LogP contribution is 2.21. The molecule has 22 heavy (non-hydrogen) atoms. The Hall–Kier alpha value is -1.88. The molecule has 2 aromatic rings. The van der Waals surface area contributed by atoms with Crippen molar-refractivity contribution in [1.82, 2.24) is 14.8 Å². The zero-order chi connectivity index (χ0) is 16.4. The van der Waals surface area contributed by atoms with Gasteiger partial charge >= 0.3 is 6.03 Å². The van der Waals surface area contributed by atoms with Crippen LogP contribution in [-0.4, -0.2) is 22.5 Å². The topological polar surface area (TPSA) is 50.4 Å². The fraction of sp³-hybridized carbons (Fsp3) is 0.438. The number of urea groups is 1. The monoisotopic (exact) mass is 323 g/mol. The van der Waals surface area contributed by atoms with Gasteiger partial charge < -0.3 is 19.2 Å². The van der Waals surface area contributed by atoms with Gasteiger partial charge in [0, 0.05) is 31.5 Å². The Morgan fingerprint density at radius 3 is 2.64 bits per heavy atom. The zero-order valence-corrected chi connectivity index (χ0v) is 14.4. The second-order valence-electron chi connectivity index (χ2n) is 5.66. The summed E-state index contributed by atoms with van der Waals surface area (Å²) in [4.78, 5) is 13.9. The van der Waals surface area contributed by atoms with Crippen LogP contribution in [0.5, 0.6) is 0 Å². The molecule has 1 N–H and O–H groups in total. The predicted molar refractivity (Wildman–Crippen MR) is 87.0 cm³/mol. The third-order valence-corrected chi connectivity index (χ3v) is 3.91. The average Bonchev–Trinajstić information content (AvgIpc) is 2.91.